The van der Waals surface area contributed by atoms with E-state index in [0.717, 1.165) is 0 Å². The lowest BCUT2D eigenvalue weighted by molar-refractivity contribution is -0.157. The predicted octanol–water partition coefficient (Wildman–Crippen LogP) is 2.10. The van der Waals surface area contributed by atoms with Gasteiger partial charge in [0.15, 0.2) is 0 Å². The van der Waals surface area contributed by atoms with Crippen LogP contribution in [0.1, 0.15) is 11.1 Å². The Morgan fingerprint density at radius 2 is 1.60 bits per heavy atom. The highest BCUT2D eigenvalue weighted by molar-refractivity contribution is 5.85. The van der Waals surface area contributed by atoms with Gasteiger partial charge < -0.3 is 9.84 Å². The maximum Gasteiger partial charge on any atom is 0.355 e. The van der Waals surface area contributed by atoms with Gasteiger partial charge in [-0.1, -0.05) is 54.5 Å². The first-order valence-corrected chi connectivity index (χ1v) is 6.11. The third-order valence-corrected chi connectivity index (χ3v) is 2.83. The van der Waals surface area contributed by atoms with E-state index < -0.39 is 11.6 Å². The van der Waals surface area contributed by atoms with Crippen LogP contribution in [0.4, 0.5) is 0 Å². The van der Waals surface area contributed by atoms with Crippen molar-refractivity contribution in [1.29, 1.82) is 0 Å². The number of carbonyl (C=O) groups excluding carboxylic acids is 1. The maximum atomic E-state index is 11.9. The van der Waals surface area contributed by atoms with Gasteiger partial charge >= 0.3 is 5.97 Å². The predicted molar refractivity (Wildman–Crippen MR) is 75.7 cm³/mol. The molecule has 0 fully saturated rings. The SMILES string of the molecule is COC(=O)C(O)(C#Cc1ccccc1)c1ccccc1. The molecule has 2 aromatic carbocycles. The van der Waals surface area contributed by atoms with Crippen LogP contribution in [0.3, 0.4) is 0 Å². The number of rotatable bonds is 2. The quantitative estimate of drug-likeness (QED) is 0.669. The Kier molecular flexibility index (Phi) is 4.19. The van der Waals surface area contributed by atoms with Crippen LogP contribution < -0.4 is 0 Å². The number of hydrogen-bond acceptors (Lipinski definition) is 3. The molecular formula is C17H14O3. The van der Waals surface area contributed by atoms with Gasteiger partial charge in [-0.05, 0) is 18.1 Å². The molecule has 0 aliphatic carbocycles. The molecule has 20 heavy (non-hydrogen) atoms. The summed E-state index contributed by atoms with van der Waals surface area (Å²) in [4.78, 5) is 11.9. The zero-order valence-corrected chi connectivity index (χ0v) is 11.0. The second kappa shape index (κ2) is 6.05. The van der Waals surface area contributed by atoms with Crippen molar-refractivity contribution >= 4 is 5.97 Å². The molecule has 0 bridgehead atoms. The normalized spacial score (nSPS) is 12.7. The molecule has 0 aliphatic rings. The van der Waals surface area contributed by atoms with E-state index in [1.54, 1.807) is 42.5 Å². The van der Waals surface area contributed by atoms with Gasteiger partial charge in [-0.2, -0.15) is 0 Å². The Morgan fingerprint density at radius 3 is 2.15 bits per heavy atom. The lowest BCUT2D eigenvalue weighted by Gasteiger charge is -2.19. The molecule has 3 nitrogen and oxygen atoms in total. The van der Waals surface area contributed by atoms with E-state index in [2.05, 4.69) is 16.6 Å². The molecule has 0 saturated heterocycles. The summed E-state index contributed by atoms with van der Waals surface area (Å²) in [6, 6.07) is 17.7. The number of benzene rings is 2. The molecule has 0 heterocycles. The average Bonchev–Trinajstić information content (AvgIpc) is 2.53. The van der Waals surface area contributed by atoms with Gasteiger partial charge in [0.1, 0.15) is 0 Å². The van der Waals surface area contributed by atoms with Gasteiger partial charge in [0.2, 0.25) is 0 Å². The van der Waals surface area contributed by atoms with Crippen LogP contribution in [0.25, 0.3) is 0 Å². The number of esters is 1. The fraction of sp³-hybridized carbons (Fsp3) is 0.118. The molecule has 0 aromatic heterocycles. The minimum atomic E-state index is -1.97. The molecule has 0 saturated carbocycles. The van der Waals surface area contributed by atoms with E-state index in [-0.39, 0.29) is 0 Å². The summed E-state index contributed by atoms with van der Waals surface area (Å²) < 4.78 is 4.67. The molecular weight excluding hydrogens is 252 g/mol. The van der Waals surface area contributed by atoms with Crippen molar-refractivity contribution in [3.63, 3.8) is 0 Å². The largest absolute Gasteiger partial charge is 0.466 e. The van der Waals surface area contributed by atoms with Crippen LogP contribution in [-0.2, 0) is 15.1 Å². The summed E-state index contributed by atoms with van der Waals surface area (Å²) in [6.45, 7) is 0. The van der Waals surface area contributed by atoms with Gasteiger partial charge in [0.25, 0.3) is 5.60 Å². The van der Waals surface area contributed by atoms with Gasteiger partial charge in [0, 0.05) is 11.1 Å². The molecule has 1 N–H and O–H groups in total. The Hall–Kier alpha value is -2.57. The van der Waals surface area contributed by atoms with E-state index in [1.807, 2.05) is 18.2 Å². The van der Waals surface area contributed by atoms with Crippen molar-refractivity contribution in [2.24, 2.45) is 0 Å². The summed E-state index contributed by atoms with van der Waals surface area (Å²) in [6.07, 6.45) is 0. The van der Waals surface area contributed by atoms with Crippen molar-refractivity contribution in [3.8, 4) is 11.8 Å². The first-order chi connectivity index (χ1) is 9.66. The van der Waals surface area contributed by atoms with Gasteiger partial charge in [-0.15, -0.1) is 0 Å². The first-order valence-electron chi connectivity index (χ1n) is 6.11. The van der Waals surface area contributed by atoms with Gasteiger partial charge in [0.05, 0.1) is 7.11 Å². The van der Waals surface area contributed by atoms with E-state index in [9.17, 15) is 9.90 Å². The lowest BCUT2D eigenvalue weighted by atomic mass is 9.94. The molecule has 1 atom stereocenters. The van der Waals surface area contributed by atoms with Crippen LogP contribution in [0.2, 0.25) is 0 Å². The number of carbonyl (C=O) groups is 1. The fourth-order valence-electron chi connectivity index (χ4n) is 1.75. The zero-order chi connectivity index (χ0) is 14.4. The number of methoxy groups -OCH3 is 1. The molecule has 100 valence electrons. The first kappa shape index (κ1) is 13.9. The Bertz CT molecular complexity index is 638. The molecule has 0 radical (unpaired) electrons. The highest BCUT2D eigenvalue weighted by Gasteiger charge is 2.37. The second-order valence-corrected chi connectivity index (χ2v) is 4.18. The maximum absolute atomic E-state index is 11.9. The molecule has 2 rings (SSSR count). The molecule has 2 aromatic rings. The van der Waals surface area contributed by atoms with E-state index in [0.29, 0.717) is 11.1 Å². The van der Waals surface area contributed by atoms with Crippen LogP contribution in [0, 0.1) is 11.8 Å². The topological polar surface area (TPSA) is 46.5 Å². The van der Waals surface area contributed by atoms with Gasteiger partial charge in [-0.25, -0.2) is 4.79 Å². The number of hydrogen-bond donors (Lipinski definition) is 1. The molecule has 0 aliphatic heterocycles. The number of ether oxygens (including phenoxy) is 1. The second-order valence-electron chi connectivity index (χ2n) is 4.18. The van der Waals surface area contributed by atoms with Crippen LogP contribution in [0.15, 0.2) is 60.7 Å². The van der Waals surface area contributed by atoms with Crippen LogP contribution in [-0.4, -0.2) is 18.2 Å². The van der Waals surface area contributed by atoms with E-state index >= 15 is 0 Å². The van der Waals surface area contributed by atoms with Crippen molar-refractivity contribution < 1.29 is 14.6 Å². The summed E-state index contributed by atoms with van der Waals surface area (Å²) in [5, 5.41) is 10.6. The molecule has 0 spiro atoms. The third kappa shape index (κ3) is 2.87. The summed E-state index contributed by atoms with van der Waals surface area (Å²) in [5.74, 6) is 4.61. The number of aliphatic hydroxyl groups is 1. The smallest absolute Gasteiger partial charge is 0.355 e. The third-order valence-electron chi connectivity index (χ3n) is 2.83. The average molecular weight is 266 g/mol. The van der Waals surface area contributed by atoms with Crippen molar-refractivity contribution in [1.82, 2.24) is 0 Å². The minimum Gasteiger partial charge on any atom is -0.466 e. The summed E-state index contributed by atoms with van der Waals surface area (Å²) >= 11 is 0. The van der Waals surface area contributed by atoms with Crippen LogP contribution in [0.5, 0.6) is 0 Å². The molecule has 1 unspecified atom stereocenters. The fourth-order valence-corrected chi connectivity index (χ4v) is 1.75. The Morgan fingerprint density at radius 1 is 1.05 bits per heavy atom. The van der Waals surface area contributed by atoms with E-state index in [1.165, 1.54) is 7.11 Å². The Labute approximate surface area is 117 Å². The highest BCUT2D eigenvalue weighted by atomic mass is 16.5. The van der Waals surface area contributed by atoms with E-state index in [4.69, 9.17) is 0 Å². The summed E-state index contributed by atoms with van der Waals surface area (Å²) in [7, 11) is 1.22. The van der Waals surface area contributed by atoms with Crippen LogP contribution >= 0.6 is 0 Å². The Balaban J connectivity index is 2.45. The zero-order valence-electron chi connectivity index (χ0n) is 11.0. The highest BCUT2D eigenvalue weighted by Crippen LogP contribution is 2.22. The monoisotopic (exact) mass is 266 g/mol. The lowest BCUT2D eigenvalue weighted by Crippen LogP contribution is -2.35. The van der Waals surface area contributed by atoms with Gasteiger partial charge in [-0.3, -0.25) is 0 Å². The standard InChI is InChI=1S/C17H14O3/c1-20-16(18)17(19,15-10-6-3-7-11-15)13-12-14-8-4-2-5-9-14/h2-11,19H,1H3. The van der Waals surface area contributed by atoms with Crippen molar-refractivity contribution in [2.75, 3.05) is 7.11 Å². The molecule has 3 heteroatoms. The van der Waals surface area contributed by atoms with Crippen molar-refractivity contribution in [3.05, 3.63) is 71.8 Å². The molecule has 0 amide bonds. The minimum absolute atomic E-state index is 0.385. The summed E-state index contributed by atoms with van der Waals surface area (Å²) in [5.41, 5.74) is -0.868. The van der Waals surface area contributed by atoms with Crippen molar-refractivity contribution in [2.45, 2.75) is 5.60 Å².